The van der Waals surface area contributed by atoms with Crippen molar-refractivity contribution < 1.29 is 23.4 Å². The molecular weight excluding hydrogens is 313 g/mol. The molecule has 0 spiro atoms. The van der Waals surface area contributed by atoms with Crippen LogP contribution in [0.1, 0.15) is 15.9 Å². The molecule has 2 aromatic carbocycles. The predicted octanol–water partition coefficient (Wildman–Crippen LogP) is 2.82. The van der Waals surface area contributed by atoms with Crippen molar-refractivity contribution in [1.29, 1.82) is 0 Å². The third kappa shape index (κ3) is 4.16. The zero-order valence-corrected chi connectivity index (χ0v) is 13.9. The van der Waals surface area contributed by atoms with Gasteiger partial charge in [-0.25, -0.2) is 4.39 Å². The minimum Gasteiger partial charge on any atom is -0.496 e. The Hall–Kier alpha value is -2.76. The molecule has 0 aliphatic carbocycles. The van der Waals surface area contributed by atoms with Gasteiger partial charge in [0.1, 0.15) is 28.6 Å². The number of halogens is 1. The Kier molecular flexibility index (Phi) is 6.01. The van der Waals surface area contributed by atoms with Gasteiger partial charge in [0.15, 0.2) is 0 Å². The molecule has 0 aromatic heterocycles. The van der Waals surface area contributed by atoms with E-state index in [1.807, 2.05) is 0 Å². The van der Waals surface area contributed by atoms with Crippen LogP contribution >= 0.6 is 0 Å². The number of nitrogens with one attached hydrogen (secondary N) is 1. The number of rotatable bonds is 7. The summed E-state index contributed by atoms with van der Waals surface area (Å²) in [6.07, 6.45) is 0.590. The molecule has 0 radical (unpaired) electrons. The molecular formula is C18H20FNO4. The fourth-order valence-electron chi connectivity index (χ4n) is 2.29. The van der Waals surface area contributed by atoms with Crippen molar-refractivity contribution >= 4 is 5.91 Å². The summed E-state index contributed by atoms with van der Waals surface area (Å²) in [7, 11) is 4.48. The Labute approximate surface area is 140 Å². The van der Waals surface area contributed by atoms with E-state index in [0.29, 0.717) is 35.8 Å². The van der Waals surface area contributed by atoms with Crippen LogP contribution in [0.3, 0.4) is 0 Å². The third-order valence-corrected chi connectivity index (χ3v) is 3.55. The molecule has 1 amide bonds. The Morgan fingerprint density at radius 2 is 1.58 bits per heavy atom. The first-order valence-electron chi connectivity index (χ1n) is 7.41. The quantitative estimate of drug-likeness (QED) is 0.846. The number of carbonyl (C=O) groups excluding carboxylic acids is 1. The van der Waals surface area contributed by atoms with E-state index < -0.39 is 0 Å². The number of ether oxygens (including phenoxy) is 3. The van der Waals surface area contributed by atoms with Crippen molar-refractivity contribution in [1.82, 2.24) is 5.32 Å². The van der Waals surface area contributed by atoms with Crippen molar-refractivity contribution in [3.05, 3.63) is 53.3 Å². The molecule has 0 bridgehead atoms. The van der Waals surface area contributed by atoms with E-state index in [0.717, 1.165) is 5.56 Å². The molecule has 6 heteroatoms. The van der Waals surface area contributed by atoms with E-state index in [-0.39, 0.29) is 11.7 Å². The van der Waals surface area contributed by atoms with Crippen LogP contribution in [0, 0.1) is 5.82 Å². The Balaban J connectivity index is 2.09. The average molecular weight is 333 g/mol. The highest BCUT2D eigenvalue weighted by Gasteiger charge is 2.20. The second kappa shape index (κ2) is 8.19. The van der Waals surface area contributed by atoms with Gasteiger partial charge in [-0.1, -0.05) is 12.1 Å². The molecule has 0 unspecified atom stereocenters. The first-order valence-corrected chi connectivity index (χ1v) is 7.41. The molecule has 128 valence electrons. The van der Waals surface area contributed by atoms with Crippen molar-refractivity contribution in [3.63, 3.8) is 0 Å². The summed E-state index contributed by atoms with van der Waals surface area (Å²) in [5, 5.41) is 2.82. The SMILES string of the molecule is COc1cc(OC)c(C(=O)NCCc2ccc(F)cc2)c(OC)c1. The van der Waals surface area contributed by atoms with E-state index in [4.69, 9.17) is 14.2 Å². The number of hydrogen-bond donors (Lipinski definition) is 1. The zero-order valence-electron chi connectivity index (χ0n) is 13.9. The summed E-state index contributed by atoms with van der Waals surface area (Å²) in [6, 6.07) is 9.42. The highest BCUT2D eigenvalue weighted by molar-refractivity contribution is 6.00. The second-order valence-electron chi connectivity index (χ2n) is 5.04. The van der Waals surface area contributed by atoms with Gasteiger partial charge >= 0.3 is 0 Å². The average Bonchev–Trinajstić information content (AvgIpc) is 2.61. The lowest BCUT2D eigenvalue weighted by Gasteiger charge is -2.15. The number of benzene rings is 2. The molecule has 0 saturated heterocycles. The number of carbonyl (C=O) groups is 1. The zero-order chi connectivity index (χ0) is 17.5. The van der Waals surface area contributed by atoms with Crippen molar-refractivity contribution in [2.75, 3.05) is 27.9 Å². The van der Waals surface area contributed by atoms with Crippen LogP contribution in [0.4, 0.5) is 4.39 Å². The van der Waals surface area contributed by atoms with Gasteiger partial charge in [0.05, 0.1) is 21.3 Å². The van der Waals surface area contributed by atoms with E-state index in [9.17, 15) is 9.18 Å². The van der Waals surface area contributed by atoms with Crippen molar-refractivity contribution in [2.24, 2.45) is 0 Å². The second-order valence-corrected chi connectivity index (χ2v) is 5.04. The van der Waals surface area contributed by atoms with E-state index in [1.54, 1.807) is 24.3 Å². The molecule has 0 atom stereocenters. The van der Waals surface area contributed by atoms with Gasteiger partial charge in [-0.05, 0) is 24.1 Å². The Morgan fingerprint density at radius 1 is 1.00 bits per heavy atom. The normalized spacial score (nSPS) is 10.2. The summed E-state index contributed by atoms with van der Waals surface area (Å²) >= 11 is 0. The summed E-state index contributed by atoms with van der Waals surface area (Å²) in [5.41, 5.74) is 1.24. The monoisotopic (exact) mass is 333 g/mol. The van der Waals surface area contributed by atoms with E-state index in [2.05, 4.69) is 5.32 Å². The lowest BCUT2D eigenvalue weighted by Crippen LogP contribution is -2.26. The van der Waals surface area contributed by atoms with Gasteiger partial charge < -0.3 is 19.5 Å². The predicted molar refractivity (Wildman–Crippen MR) is 88.5 cm³/mol. The molecule has 0 heterocycles. The van der Waals surface area contributed by atoms with Gasteiger partial charge in [0.2, 0.25) is 0 Å². The molecule has 0 aliphatic rings. The number of methoxy groups -OCH3 is 3. The summed E-state index contributed by atoms with van der Waals surface area (Å²) in [5.74, 6) is 0.673. The Morgan fingerprint density at radius 3 is 2.08 bits per heavy atom. The van der Waals surface area contributed by atoms with Crippen LogP contribution in [0.25, 0.3) is 0 Å². The largest absolute Gasteiger partial charge is 0.496 e. The topological polar surface area (TPSA) is 56.8 Å². The maximum absolute atomic E-state index is 12.9. The Bertz CT molecular complexity index is 676. The number of hydrogen-bond acceptors (Lipinski definition) is 4. The fourth-order valence-corrected chi connectivity index (χ4v) is 2.29. The van der Waals surface area contributed by atoms with Gasteiger partial charge in [0, 0.05) is 18.7 Å². The fraction of sp³-hybridized carbons (Fsp3) is 0.278. The summed E-state index contributed by atoms with van der Waals surface area (Å²) < 4.78 is 28.6. The van der Waals surface area contributed by atoms with E-state index in [1.165, 1.54) is 33.5 Å². The maximum Gasteiger partial charge on any atom is 0.258 e. The van der Waals surface area contributed by atoms with Gasteiger partial charge in [0.25, 0.3) is 5.91 Å². The smallest absolute Gasteiger partial charge is 0.258 e. The highest BCUT2D eigenvalue weighted by Crippen LogP contribution is 2.33. The van der Waals surface area contributed by atoms with E-state index >= 15 is 0 Å². The van der Waals surface area contributed by atoms with Gasteiger partial charge in [-0.3, -0.25) is 4.79 Å². The van der Waals surface area contributed by atoms with Gasteiger partial charge in [-0.15, -0.1) is 0 Å². The molecule has 0 fully saturated rings. The standard InChI is InChI=1S/C18H20FNO4/c1-22-14-10-15(23-2)17(16(11-14)24-3)18(21)20-9-8-12-4-6-13(19)7-5-12/h4-7,10-11H,8-9H2,1-3H3,(H,20,21). The first-order chi connectivity index (χ1) is 11.6. The summed E-state index contributed by atoms with van der Waals surface area (Å²) in [4.78, 5) is 12.5. The van der Waals surface area contributed by atoms with Crippen LogP contribution in [0.15, 0.2) is 36.4 Å². The first kappa shape index (κ1) is 17.6. The van der Waals surface area contributed by atoms with Gasteiger partial charge in [-0.2, -0.15) is 0 Å². The van der Waals surface area contributed by atoms with Crippen LogP contribution in [-0.2, 0) is 6.42 Å². The lowest BCUT2D eigenvalue weighted by atomic mass is 10.1. The highest BCUT2D eigenvalue weighted by atomic mass is 19.1. The molecule has 0 saturated carbocycles. The minimum absolute atomic E-state index is 0.282. The molecule has 24 heavy (non-hydrogen) atoms. The summed E-state index contributed by atoms with van der Waals surface area (Å²) in [6.45, 7) is 0.406. The molecule has 2 rings (SSSR count). The van der Waals surface area contributed by atoms with Crippen LogP contribution in [-0.4, -0.2) is 33.8 Å². The third-order valence-electron chi connectivity index (χ3n) is 3.55. The van der Waals surface area contributed by atoms with Crippen LogP contribution < -0.4 is 19.5 Å². The van der Waals surface area contributed by atoms with Crippen molar-refractivity contribution in [2.45, 2.75) is 6.42 Å². The number of amides is 1. The maximum atomic E-state index is 12.9. The molecule has 5 nitrogen and oxygen atoms in total. The van der Waals surface area contributed by atoms with Crippen molar-refractivity contribution in [3.8, 4) is 17.2 Å². The molecule has 2 aromatic rings. The minimum atomic E-state index is -0.312. The molecule has 1 N–H and O–H groups in total. The lowest BCUT2D eigenvalue weighted by molar-refractivity contribution is 0.0948. The van der Waals surface area contributed by atoms with Crippen LogP contribution in [0.2, 0.25) is 0 Å². The molecule has 0 aliphatic heterocycles. The van der Waals surface area contributed by atoms with Crippen LogP contribution in [0.5, 0.6) is 17.2 Å².